The summed E-state index contributed by atoms with van der Waals surface area (Å²) in [5.41, 5.74) is 1.43. The Morgan fingerprint density at radius 3 is 2.52 bits per heavy atom. The minimum absolute atomic E-state index is 0.338. The summed E-state index contributed by atoms with van der Waals surface area (Å²) in [6.45, 7) is 0.338. The number of amides is 2. The summed E-state index contributed by atoms with van der Waals surface area (Å²) in [4.78, 5) is 29.8. The monoisotopic (exact) mass is 342 g/mol. The molecule has 0 saturated carbocycles. The van der Waals surface area contributed by atoms with Gasteiger partial charge >= 0.3 is 11.8 Å². The van der Waals surface area contributed by atoms with Gasteiger partial charge in [-0.1, -0.05) is 18.2 Å². The van der Waals surface area contributed by atoms with Gasteiger partial charge in [0.05, 0.1) is 19.0 Å². The highest BCUT2D eigenvalue weighted by Crippen LogP contribution is 2.17. The fraction of sp³-hybridized carbons (Fsp3) is 0.278. The largest absolute Gasteiger partial charge is 0.496 e. The number of ether oxygens (including phenoxy) is 1. The fourth-order valence-corrected chi connectivity index (χ4v) is 2.21. The van der Waals surface area contributed by atoms with Crippen LogP contribution in [0.1, 0.15) is 5.56 Å². The molecule has 0 aliphatic carbocycles. The van der Waals surface area contributed by atoms with E-state index in [1.807, 2.05) is 43.3 Å². The molecule has 0 radical (unpaired) electrons. The summed E-state index contributed by atoms with van der Waals surface area (Å²) < 4.78 is 5.25. The molecule has 1 aromatic carbocycles. The van der Waals surface area contributed by atoms with Crippen LogP contribution in [-0.2, 0) is 16.0 Å². The van der Waals surface area contributed by atoms with Crippen molar-refractivity contribution in [3.8, 4) is 5.75 Å². The molecule has 0 atom stereocenters. The number of nitrogens with zero attached hydrogens (tertiary/aromatic N) is 2. The molecular formula is C18H22N4O3. The van der Waals surface area contributed by atoms with Gasteiger partial charge in [0, 0.05) is 20.6 Å². The van der Waals surface area contributed by atoms with Crippen LogP contribution in [0.25, 0.3) is 0 Å². The maximum Gasteiger partial charge on any atom is 0.313 e. The molecule has 0 fully saturated rings. The molecular weight excluding hydrogens is 320 g/mol. The molecule has 7 heteroatoms. The Kier molecular flexibility index (Phi) is 6.33. The average molecular weight is 342 g/mol. The van der Waals surface area contributed by atoms with E-state index in [1.54, 1.807) is 19.2 Å². The first-order valence-electron chi connectivity index (χ1n) is 7.85. The molecule has 0 bridgehead atoms. The summed E-state index contributed by atoms with van der Waals surface area (Å²) in [6, 6.07) is 11.0. The van der Waals surface area contributed by atoms with E-state index in [9.17, 15) is 9.59 Å². The fourth-order valence-electron chi connectivity index (χ4n) is 2.21. The zero-order chi connectivity index (χ0) is 18.2. The van der Waals surface area contributed by atoms with Crippen LogP contribution in [0.4, 0.5) is 11.5 Å². The van der Waals surface area contributed by atoms with Gasteiger partial charge in [-0.15, -0.1) is 0 Å². The van der Waals surface area contributed by atoms with Gasteiger partial charge < -0.3 is 20.3 Å². The van der Waals surface area contributed by atoms with E-state index >= 15 is 0 Å². The summed E-state index contributed by atoms with van der Waals surface area (Å²) >= 11 is 0. The number of benzene rings is 1. The van der Waals surface area contributed by atoms with Gasteiger partial charge in [-0.2, -0.15) is 0 Å². The Morgan fingerprint density at radius 2 is 1.88 bits per heavy atom. The number of anilines is 2. The predicted octanol–water partition coefficient (Wildman–Crippen LogP) is 1.45. The third-order valence-electron chi connectivity index (χ3n) is 3.54. The number of pyridine rings is 1. The van der Waals surface area contributed by atoms with Crippen molar-refractivity contribution in [1.29, 1.82) is 0 Å². The lowest BCUT2D eigenvalue weighted by Crippen LogP contribution is -2.36. The normalized spacial score (nSPS) is 10.0. The van der Waals surface area contributed by atoms with Crippen molar-refractivity contribution in [3.05, 3.63) is 48.2 Å². The molecule has 1 aromatic heterocycles. The molecule has 0 aliphatic rings. The molecule has 2 N–H and O–H groups in total. The van der Waals surface area contributed by atoms with E-state index in [4.69, 9.17) is 4.74 Å². The van der Waals surface area contributed by atoms with Crippen molar-refractivity contribution in [2.45, 2.75) is 6.42 Å². The van der Waals surface area contributed by atoms with Gasteiger partial charge in [0.2, 0.25) is 0 Å². The highest BCUT2D eigenvalue weighted by Gasteiger charge is 2.13. The first kappa shape index (κ1) is 18.3. The van der Waals surface area contributed by atoms with Crippen molar-refractivity contribution < 1.29 is 14.3 Å². The third-order valence-corrected chi connectivity index (χ3v) is 3.54. The zero-order valence-corrected chi connectivity index (χ0v) is 14.6. The van der Waals surface area contributed by atoms with Gasteiger partial charge in [-0.05, 0) is 30.2 Å². The van der Waals surface area contributed by atoms with Crippen LogP contribution < -0.4 is 20.3 Å². The van der Waals surface area contributed by atoms with E-state index < -0.39 is 11.8 Å². The molecule has 2 amide bonds. The molecule has 0 unspecified atom stereocenters. The van der Waals surface area contributed by atoms with Crippen molar-refractivity contribution in [2.24, 2.45) is 0 Å². The van der Waals surface area contributed by atoms with Crippen LogP contribution in [0.3, 0.4) is 0 Å². The first-order valence-corrected chi connectivity index (χ1v) is 7.85. The van der Waals surface area contributed by atoms with Gasteiger partial charge in [0.1, 0.15) is 11.6 Å². The van der Waals surface area contributed by atoms with E-state index in [2.05, 4.69) is 15.6 Å². The van der Waals surface area contributed by atoms with E-state index in [-0.39, 0.29) is 0 Å². The summed E-state index contributed by atoms with van der Waals surface area (Å²) in [6.07, 6.45) is 2.08. The lowest BCUT2D eigenvalue weighted by Gasteiger charge is -2.12. The molecule has 7 nitrogen and oxygen atoms in total. The van der Waals surface area contributed by atoms with Crippen LogP contribution in [0.5, 0.6) is 5.75 Å². The SMILES string of the molecule is COc1ccccc1CCNC(=O)C(=O)Nc1ccc(N(C)C)nc1. The number of rotatable bonds is 6. The van der Waals surface area contributed by atoms with E-state index in [1.165, 1.54) is 6.20 Å². The Balaban J connectivity index is 1.83. The van der Waals surface area contributed by atoms with Gasteiger partial charge in [-0.25, -0.2) is 4.98 Å². The Labute approximate surface area is 147 Å². The van der Waals surface area contributed by atoms with Crippen LogP contribution in [0.15, 0.2) is 42.6 Å². The smallest absolute Gasteiger partial charge is 0.313 e. The predicted molar refractivity (Wildman–Crippen MR) is 96.9 cm³/mol. The zero-order valence-electron chi connectivity index (χ0n) is 14.6. The van der Waals surface area contributed by atoms with E-state index in [0.717, 1.165) is 17.1 Å². The average Bonchev–Trinajstić information content (AvgIpc) is 2.62. The highest BCUT2D eigenvalue weighted by molar-refractivity contribution is 6.39. The number of hydrogen-bond acceptors (Lipinski definition) is 5. The number of carbonyl (C=O) groups excluding carboxylic acids is 2. The number of aromatic nitrogens is 1. The topological polar surface area (TPSA) is 83.6 Å². The van der Waals surface area contributed by atoms with Gasteiger partial charge in [-0.3, -0.25) is 9.59 Å². The number of carbonyl (C=O) groups is 2. The summed E-state index contributed by atoms with van der Waals surface area (Å²) in [5.74, 6) is 0.110. The minimum Gasteiger partial charge on any atom is -0.496 e. The molecule has 0 aliphatic heterocycles. The van der Waals surface area contributed by atoms with Crippen molar-refractivity contribution >= 4 is 23.3 Å². The quantitative estimate of drug-likeness (QED) is 0.777. The van der Waals surface area contributed by atoms with Crippen LogP contribution >= 0.6 is 0 Å². The number of hydrogen-bond donors (Lipinski definition) is 2. The molecule has 2 rings (SSSR count). The van der Waals surface area contributed by atoms with E-state index in [0.29, 0.717) is 18.7 Å². The first-order chi connectivity index (χ1) is 12.0. The Hall–Kier alpha value is -3.09. The number of para-hydroxylation sites is 1. The third kappa shape index (κ3) is 5.20. The van der Waals surface area contributed by atoms with Crippen LogP contribution in [-0.4, -0.2) is 44.5 Å². The Bertz CT molecular complexity index is 729. The standard InChI is InChI=1S/C18H22N4O3/c1-22(2)16-9-8-14(12-20-16)21-18(24)17(23)19-11-10-13-6-4-5-7-15(13)25-3/h4-9,12H,10-11H2,1-3H3,(H,19,23)(H,21,24). The maximum absolute atomic E-state index is 11.9. The van der Waals surface area contributed by atoms with Crippen molar-refractivity contribution in [3.63, 3.8) is 0 Å². The second-order valence-corrected chi connectivity index (χ2v) is 5.57. The van der Waals surface area contributed by atoms with Gasteiger partial charge in [0.15, 0.2) is 0 Å². The van der Waals surface area contributed by atoms with Crippen LogP contribution in [0.2, 0.25) is 0 Å². The highest BCUT2D eigenvalue weighted by atomic mass is 16.5. The molecule has 0 saturated heterocycles. The lowest BCUT2D eigenvalue weighted by atomic mass is 10.1. The number of nitrogens with one attached hydrogen (secondary N) is 2. The van der Waals surface area contributed by atoms with Gasteiger partial charge in [0.25, 0.3) is 0 Å². The summed E-state index contributed by atoms with van der Waals surface area (Å²) in [7, 11) is 5.34. The second kappa shape index (κ2) is 8.68. The number of methoxy groups -OCH3 is 1. The Morgan fingerprint density at radius 1 is 1.12 bits per heavy atom. The van der Waals surface area contributed by atoms with Crippen LogP contribution in [0, 0.1) is 0 Å². The lowest BCUT2D eigenvalue weighted by molar-refractivity contribution is -0.136. The molecule has 2 aromatic rings. The molecule has 25 heavy (non-hydrogen) atoms. The minimum atomic E-state index is -0.723. The maximum atomic E-state index is 11.9. The second-order valence-electron chi connectivity index (χ2n) is 5.57. The van der Waals surface area contributed by atoms with Crippen molar-refractivity contribution in [1.82, 2.24) is 10.3 Å². The summed E-state index contributed by atoms with van der Waals surface area (Å²) in [5, 5.41) is 5.12. The molecule has 0 spiro atoms. The molecule has 132 valence electrons. The molecule has 1 heterocycles. The van der Waals surface area contributed by atoms with Crippen molar-refractivity contribution in [2.75, 3.05) is 38.0 Å².